The molecule has 0 radical (unpaired) electrons. The van der Waals surface area contributed by atoms with Crippen molar-refractivity contribution in [2.45, 2.75) is 19.9 Å². The molecule has 0 unspecified atom stereocenters. The van der Waals surface area contributed by atoms with Gasteiger partial charge in [-0.1, -0.05) is 6.92 Å². The lowest BCUT2D eigenvalue weighted by atomic mass is 10.2. The van der Waals surface area contributed by atoms with E-state index < -0.39 is 11.2 Å². The average molecular weight is 348 g/mol. The number of nitrogens with zero attached hydrogens (tertiary/aromatic N) is 3. The van der Waals surface area contributed by atoms with Crippen LogP contribution in [0.25, 0.3) is 21.8 Å². The molecule has 0 bridgehead atoms. The Kier molecular flexibility index (Phi) is 4.18. The van der Waals surface area contributed by atoms with E-state index in [0.29, 0.717) is 17.8 Å². The molecule has 3 aromatic rings. The molecule has 3 rings (SSSR count). The summed E-state index contributed by atoms with van der Waals surface area (Å²) in [7, 11) is 1.46. The van der Waals surface area contributed by atoms with Gasteiger partial charge in [-0.25, -0.2) is 9.78 Å². The minimum absolute atomic E-state index is 0.183. The lowest BCUT2D eigenvalue weighted by molar-refractivity contribution is 0.600. The molecule has 0 saturated carbocycles. The molecule has 0 aromatic carbocycles. The van der Waals surface area contributed by atoms with Gasteiger partial charge in [0.15, 0.2) is 0 Å². The van der Waals surface area contributed by atoms with Crippen LogP contribution in [0.4, 0.5) is 5.82 Å². The summed E-state index contributed by atoms with van der Waals surface area (Å²) in [6.07, 6.45) is 0.749. The van der Waals surface area contributed by atoms with Gasteiger partial charge in [0.05, 0.1) is 5.69 Å². The Morgan fingerprint density at radius 1 is 1.30 bits per heavy atom. The zero-order chi connectivity index (χ0) is 16.6. The highest BCUT2D eigenvalue weighted by molar-refractivity contribution is 7.14. The van der Waals surface area contributed by atoms with Crippen molar-refractivity contribution in [1.82, 2.24) is 14.1 Å². The highest BCUT2D eigenvalue weighted by Crippen LogP contribution is 2.30. The highest BCUT2D eigenvalue weighted by Gasteiger charge is 2.19. The molecule has 6 nitrogen and oxygen atoms in total. The molecule has 0 spiro atoms. The summed E-state index contributed by atoms with van der Waals surface area (Å²) in [4.78, 5) is 29.2. The molecule has 0 saturated heterocycles. The summed E-state index contributed by atoms with van der Waals surface area (Å²) in [5.41, 5.74) is 7.12. The van der Waals surface area contributed by atoms with E-state index >= 15 is 0 Å². The molecule has 3 heterocycles. The van der Waals surface area contributed by atoms with Crippen molar-refractivity contribution < 1.29 is 0 Å². The third-order valence-corrected chi connectivity index (χ3v) is 5.13. The van der Waals surface area contributed by atoms with Gasteiger partial charge in [-0.05, 0) is 17.9 Å². The van der Waals surface area contributed by atoms with Crippen molar-refractivity contribution in [3.8, 4) is 21.8 Å². The molecule has 23 heavy (non-hydrogen) atoms. The van der Waals surface area contributed by atoms with Crippen molar-refractivity contribution in [2.75, 3.05) is 5.73 Å². The predicted molar refractivity (Wildman–Crippen MR) is 95.1 cm³/mol. The van der Waals surface area contributed by atoms with E-state index in [2.05, 4.69) is 4.98 Å². The number of nitrogen functional groups attached to an aromatic ring is 1. The third kappa shape index (κ3) is 2.64. The molecule has 0 aliphatic rings. The van der Waals surface area contributed by atoms with E-state index in [1.54, 1.807) is 16.7 Å². The van der Waals surface area contributed by atoms with E-state index in [1.807, 2.05) is 23.8 Å². The van der Waals surface area contributed by atoms with Gasteiger partial charge in [0.2, 0.25) is 0 Å². The number of thiazole rings is 1. The van der Waals surface area contributed by atoms with Gasteiger partial charge in [-0.3, -0.25) is 13.9 Å². The average Bonchev–Trinajstić information content (AvgIpc) is 3.20. The minimum Gasteiger partial charge on any atom is -0.384 e. The number of thiophene rings is 1. The normalized spacial score (nSPS) is 11.0. The number of rotatable bonds is 4. The third-order valence-electron chi connectivity index (χ3n) is 3.56. The number of hydrogen-bond donors (Lipinski definition) is 1. The van der Waals surface area contributed by atoms with Crippen LogP contribution in [0.3, 0.4) is 0 Å². The van der Waals surface area contributed by atoms with Crippen LogP contribution in [-0.4, -0.2) is 14.1 Å². The van der Waals surface area contributed by atoms with E-state index in [1.165, 1.54) is 23.0 Å². The van der Waals surface area contributed by atoms with E-state index in [4.69, 9.17) is 5.73 Å². The van der Waals surface area contributed by atoms with Gasteiger partial charge >= 0.3 is 5.69 Å². The topological polar surface area (TPSA) is 82.9 Å². The zero-order valence-corrected chi connectivity index (χ0v) is 14.4. The summed E-state index contributed by atoms with van der Waals surface area (Å²) in [6.45, 7) is 2.42. The maximum absolute atomic E-state index is 12.5. The Hall–Kier alpha value is -2.19. The first-order valence-electron chi connectivity index (χ1n) is 7.12. The maximum Gasteiger partial charge on any atom is 0.332 e. The molecule has 0 atom stereocenters. The molecular formula is C15H16N4O2S2. The standard InChI is InChI=1S/C15H16N4O2S2/c1-3-5-19-12(16)11(14(20)18(2)15(19)21)10-8-23-13(17-10)9-4-6-22-7-9/h4,6-8H,3,5,16H2,1-2H3. The Bertz CT molecular complexity index is 951. The van der Waals surface area contributed by atoms with Crippen LogP contribution >= 0.6 is 22.7 Å². The van der Waals surface area contributed by atoms with E-state index in [0.717, 1.165) is 21.6 Å². The van der Waals surface area contributed by atoms with Crippen molar-refractivity contribution in [1.29, 1.82) is 0 Å². The highest BCUT2D eigenvalue weighted by atomic mass is 32.1. The van der Waals surface area contributed by atoms with Crippen molar-refractivity contribution >= 4 is 28.5 Å². The summed E-state index contributed by atoms with van der Waals surface area (Å²) in [6, 6.07) is 1.98. The molecule has 0 fully saturated rings. The smallest absolute Gasteiger partial charge is 0.332 e. The van der Waals surface area contributed by atoms with Gasteiger partial charge in [-0.15, -0.1) is 11.3 Å². The predicted octanol–water partition coefficient (Wildman–Crippen LogP) is 2.39. The monoisotopic (exact) mass is 348 g/mol. The molecular weight excluding hydrogens is 332 g/mol. The van der Waals surface area contributed by atoms with Crippen molar-refractivity contribution in [3.63, 3.8) is 0 Å². The Morgan fingerprint density at radius 2 is 2.09 bits per heavy atom. The quantitative estimate of drug-likeness (QED) is 0.785. The molecule has 120 valence electrons. The zero-order valence-electron chi connectivity index (χ0n) is 12.8. The first kappa shape index (κ1) is 15.7. The molecule has 3 aromatic heterocycles. The SMILES string of the molecule is CCCn1c(N)c(-c2csc(-c3ccsc3)n2)c(=O)n(C)c1=O. The second kappa shape index (κ2) is 6.13. The van der Waals surface area contributed by atoms with Crippen LogP contribution in [0, 0.1) is 0 Å². The maximum atomic E-state index is 12.5. The van der Waals surface area contributed by atoms with Crippen LogP contribution < -0.4 is 17.0 Å². The van der Waals surface area contributed by atoms with Crippen LogP contribution in [0.1, 0.15) is 13.3 Å². The lowest BCUT2D eigenvalue weighted by Crippen LogP contribution is -2.40. The lowest BCUT2D eigenvalue weighted by Gasteiger charge is -2.13. The summed E-state index contributed by atoms with van der Waals surface area (Å²) in [5, 5.41) is 6.62. The van der Waals surface area contributed by atoms with E-state index in [9.17, 15) is 9.59 Å². The molecule has 8 heteroatoms. The summed E-state index contributed by atoms with van der Waals surface area (Å²) >= 11 is 3.04. The van der Waals surface area contributed by atoms with Crippen molar-refractivity contribution in [2.24, 2.45) is 7.05 Å². The Morgan fingerprint density at radius 3 is 2.74 bits per heavy atom. The minimum atomic E-state index is -0.415. The van der Waals surface area contributed by atoms with Gasteiger partial charge in [0.25, 0.3) is 5.56 Å². The van der Waals surface area contributed by atoms with Crippen LogP contribution in [0.2, 0.25) is 0 Å². The fraction of sp³-hybridized carbons (Fsp3) is 0.267. The second-order valence-electron chi connectivity index (χ2n) is 5.11. The summed E-state index contributed by atoms with van der Waals surface area (Å²) < 4.78 is 2.52. The fourth-order valence-electron chi connectivity index (χ4n) is 2.37. The fourth-order valence-corrected chi connectivity index (χ4v) is 3.89. The van der Waals surface area contributed by atoms with Crippen LogP contribution in [-0.2, 0) is 13.6 Å². The Balaban J connectivity index is 2.21. The molecule has 0 aliphatic heterocycles. The van der Waals surface area contributed by atoms with Crippen LogP contribution in [0.15, 0.2) is 31.8 Å². The van der Waals surface area contributed by atoms with Crippen molar-refractivity contribution in [3.05, 3.63) is 43.0 Å². The first-order chi connectivity index (χ1) is 11.0. The van der Waals surface area contributed by atoms with Gasteiger partial charge in [-0.2, -0.15) is 11.3 Å². The first-order valence-corrected chi connectivity index (χ1v) is 8.94. The number of hydrogen-bond acceptors (Lipinski definition) is 6. The van der Waals surface area contributed by atoms with Gasteiger partial charge < -0.3 is 5.73 Å². The van der Waals surface area contributed by atoms with Gasteiger partial charge in [0, 0.05) is 29.9 Å². The molecule has 0 aliphatic carbocycles. The number of anilines is 1. The largest absolute Gasteiger partial charge is 0.384 e. The Labute approximate surface area is 140 Å². The summed E-state index contributed by atoms with van der Waals surface area (Å²) in [5.74, 6) is 0.183. The van der Waals surface area contributed by atoms with Crippen LogP contribution in [0.5, 0.6) is 0 Å². The molecule has 0 amide bonds. The number of aromatic nitrogens is 3. The molecule has 2 N–H and O–H groups in total. The second-order valence-corrected chi connectivity index (χ2v) is 6.75. The van der Waals surface area contributed by atoms with Gasteiger partial charge in [0.1, 0.15) is 16.4 Å². The number of nitrogens with two attached hydrogens (primary N) is 1. The van der Waals surface area contributed by atoms with E-state index in [-0.39, 0.29) is 5.82 Å².